The molecule has 1 aliphatic rings. The third-order valence-corrected chi connectivity index (χ3v) is 4.10. The Morgan fingerprint density at radius 1 is 1.14 bits per heavy atom. The number of urea groups is 1. The number of amides is 4. The number of nitrogens with zero attached hydrogens (tertiary/aromatic N) is 1. The van der Waals surface area contributed by atoms with Gasteiger partial charge in [-0.25, -0.2) is 14.9 Å². The normalized spacial score (nSPS) is 24.7. The fourth-order valence-electron chi connectivity index (χ4n) is 2.66. The van der Waals surface area contributed by atoms with Gasteiger partial charge in [-0.2, -0.15) is 4.48 Å². The van der Waals surface area contributed by atoms with Crippen LogP contribution >= 0.6 is 0 Å². The minimum Gasteiger partial charge on any atom is -0.497 e. The molecular formula is C15H19N2O4+. The smallest absolute Gasteiger partial charge is 0.430 e. The average molecular weight is 291 g/mol. The zero-order valence-corrected chi connectivity index (χ0v) is 12.6. The van der Waals surface area contributed by atoms with E-state index in [0.717, 1.165) is 0 Å². The van der Waals surface area contributed by atoms with Crippen LogP contribution in [0.5, 0.6) is 5.75 Å². The average Bonchev–Trinajstić information content (AvgIpc) is 2.47. The third-order valence-electron chi connectivity index (χ3n) is 4.10. The molecule has 0 spiro atoms. The molecule has 1 aromatic rings. The van der Waals surface area contributed by atoms with Gasteiger partial charge in [0.25, 0.3) is 5.91 Å². The standard InChI is InChI=1S/C15H18N2O4/c1-5-15(10-6-8-11(21-4)9-7-10)12(18)16-14(20)17(2,3)13(15)19/h6-9H,5H2,1-4H3/p+1. The van der Waals surface area contributed by atoms with Crippen molar-refractivity contribution in [3.63, 3.8) is 0 Å². The van der Waals surface area contributed by atoms with Crippen LogP contribution < -0.4 is 10.1 Å². The predicted octanol–water partition coefficient (Wildman–Crippen LogP) is 1.20. The lowest BCUT2D eigenvalue weighted by molar-refractivity contribution is -0.733. The van der Waals surface area contributed by atoms with Crippen LogP contribution in [0.25, 0.3) is 0 Å². The summed E-state index contributed by atoms with van der Waals surface area (Å²) < 4.78 is 4.58. The van der Waals surface area contributed by atoms with E-state index in [2.05, 4.69) is 5.32 Å². The summed E-state index contributed by atoms with van der Waals surface area (Å²) in [5, 5.41) is 2.31. The Hall–Kier alpha value is -2.21. The number of rotatable bonds is 3. The first-order valence-corrected chi connectivity index (χ1v) is 6.70. The van der Waals surface area contributed by atoms with Crippen LogP contribution in [-0.2, 0) is 15.0 Å². The van der Waals surface area contributed by atoms with Crippen LogP contribution in [0.1, 0.15) is 18.9 Å². The zero-order chi connectivity index (χ0) is 15.8. The van der Waals surface area contributed by atoms with E-state index in [1.807, 2.05) is 0 Å². The molecule has 21 heavy (non-hydrogen) atoms. The van der Waals surface area contributed by atoms with Gasteiger partial charge in [-0.15, -0.1) is 0 Å². The maximum atomic E-state index is 12.8. The molecule has 1 aliphatic heterocycles. The monoisotopic (exact) mass is 291 g/mol. The van der Waals surface area contributed by atoms with E-state index in [9.17, 15) is 14.4 Å². The second-order valence-electron chi connectivity index (χ2n) is 5.51. The first kappa shape index (κ1) is 15.2. The van der Waals surface area contributed by atoms with E-state index in [1.165, 1.54) is 14.1 Å². The van der Waals surface area contributed by atoms with E-state index in [4.69, 9.17) is 4.74 Å². The minimum atomic E-state index is -1.36. The second kappa shape index (κ2) is 4.96. The van der Waals surface area contributed by atoms with Gasteiger partial charge in [0, 0.05) is 0 Å². The van der Waals surface area contributed by atoms with E-state index in [-0.39, 0.29) is 6.42 Å². The quantitative estimate of drug-likeness (QED) is 0.671. The lowest BCUT2D eigenvalue weighted by Crippen LogP contribution is -2.72. The first-order chi connectivity index (χ1) is 9.80. The largest absolute Gasteiger partial charge is 0.497 e. The number of carbonyl (C=O) groups excluding carboxylic acids is 3. The molecule has 1 N–H and O–H groups in total. The van der Waals surface area contributed by atoms with Crippen molar-refractivity contribution in [3.05, 3.63) is 29.8 Å². The molecule has 112 valence electrons. The molecule has 1 fully saturated rings. The second-order valence-corrected chi connectivity index (χ2v) is 5.51. The van der Waals surface area contributed by atoms with E-state index < -0.39 is 27.7 Å². The van der Waals surface area contributed by atoms with Gasteiger partial charge in [-0.3, -0.25) is 4.79 Å². The predicted molar refractivity (Wildman–Crippen MR) is 75.6 cm³/mol. The van der Waals surface area contributed by atoms with E-state index in [1.54, 1.807) is 38.3 Å². The molecule has 0 aromatic heterocycles. The summed E-state index contributed by atoms with van der Waals surface area (Å²) in [6, 6.07) is 6.17. The van der Waals surface area contributed by atoms with Crippen molar-refractivity contribution in [3.8, 4) is 5.75 Å². The highest BCUT2D eigenvalue weighted by Gasteiger charge is 2.61. The number of barbiturate groups is 1. The molecule has 1 unspecified atom stereocenters. The molecule has 2 rings (SSSR count). The number of nitrogens with one attached hydrogen (secondary N) is 1. The van der Waals surface area contributed by atoms with Gasteiger partial charge in [0.1, 0.15) is 5.75 Å². The van der Waals surface area contributed by atoms with Gasteiger partial charge >= 0.3 is 11.9 Å². The van der Waals surface area contributed by atoms with Crippen molar-refractivity contribution in [2.75, 3.05) is 21.2 Å². The van der Waals surface area contributed by atoms with Crippen molar-refractivity contribution < 1.29 is 23.6 Å². The number of hydrogen-bond acceptors (Lipinski definition) is 4. The van der Waals surface area contributed by atoms with E-state index in [0.29, 0.717) is 11.3 Å². The summed E-state index contributed by atoms with van der Waals surface area (Å²) in [5.74, 6) is -0.356. The highest BCUT2D eigenvalue weighted by atomic mass is 16.5. The molecule has 1 heterocycles. The molecule has 0 radical (unpaired) electrons. The number of hydrogen-bond donors (Lipinski definition) is 1. The summed E-state index contributed by atoms with van der Waals surface area (Å²) in [7, 11) is 4.51. The number of quaternary nitrogens is 1. The van der Waals surface area contributed by atoms with Gasteiger partial charge in [-0.1, -0.05) is 19.1 Å². The summed E-state index contributed by atoms with van der Waals surface area (Å²) in [6.07, 6.45) is 0.277. The van der Waals surface area contributed by atoms with Crippen molar-refractivity contribution >= 4 is 17.8 Å². The lowest BCUT2D eigenvalue weighted by Gasteiger charge is -2.39. The number of imide groups is 2. The van der Waals surface area contributed by atoms with Crippen LogP contribution in [0, 0.1) is 0 Å². The van der Waals surface area contributed by atoms with Crippen molar-refractivity contribution in [1.29, 1.82) is 0 Å². The van der Waals surface area contributed by atoms with Crippen LogP contribution in [0.4, 0.5) is 4.79 Å². The number of ether oxygens (including phenoxy) is 1. The molecule has 6 nitrogen and oxygen atoms in total. The molecule has 1 saturated heterocycles. The molecule has 0 bridgehead atoms. The fourth-order valence-corrected chi connectivity index (χ4v) is 2.66. The Bertz CT molecular complexity index is 607. The van der Waals surface area contributed by atoms with Crippen molar-refractivity contribution in [1.82, 2.24) is 5.32 Å². The molecule has 6 heteroatoms. The van der Waals surface area contributed by atoms with Crippen molar-refractivity contribution in [2.45, 2.75) is 18.8 Å². The summed E-state index contributed by atoms with van der Waals surface area (Å²) in [6.45, 7) is 1.76. The number of benzene rings is 1. The lowest BCUT2D eigenvalue weighted by atomic mass is 9.74. The Labute approximate surface area is 123 Å². The summed E-state index contributed by atoms with van der Waals surface area (Å²) >= 11 is 0. The van der Waals surface area contributed by atoms with Gasteiger partial charge in [0.15, 0.2) is 5.41 Å². The molecule has 0 aliphatic carbocycles. The maximum Gasteiger partial charge on any atom is 0.430 e. The highest BCUT2D eigenvalue weighted by molar-refractivity contribution is 6.17. The van der Waals surface area contributed by atoms with Gasteiger partial charge in [-0.05, 0) is 24.1 Å². The fraction of sp³-hybridized carbons (Fsp3) is 0.400. The summed E-state index contributed by atoms with van der Waals surface area (Å²) in [5.41, 5.74) is -0.795. The molecule has 4 amide bonds. The van der Waals surface area contributed by atoms with Crippen LogP contribution in [0.3, 0.4) is 0 Å². The number of likely N-dealkylation sites (N-methyl/N-ethyl adjacent to an activating group) is 1. The Balaban J connectivity index is 2.60. The van der Waals surface area contributed by atoms with Gasteiger partial charge in [0.2, 0.25) is 0 Å². The van der Waals surface area contributed by atoms with E-state index >= 15 is 0 Å². The minimum absolute atomic E-state index is 0.277. The van der Waals surface area contributed by atoms with Gasteiger partial charge < -0.3 is 4.74 Å². The Morgan fingerprint density at radius 2 is 1.71 bits per heavy atom. The summed E-state index contributed by atoms with van der Waals surface area (Å²) in [4.78, 5) is 37.1. The molecule has 1 atom stereocenters. The molecular weight excluding hydrogens is 272 g/mol. The zero-order valence-electron chi connectivity index (χ0n) is 12.6. The van der Waals surface area contributed by atoms with Crippen LogP contribution in [0.15, 0.2) is 24.3 Å². The molecule has 1 aromatic carbocycles. The van der Waals surface area contributed by atoms with Crippen LogP contribution in [-0.4, -0.2) is 43.5 Å². The van der Waals surface area contributed by atoms with Crippen molar-refractivity contribution in [2.24, 2.45) is 0 Å². The number of methoxy groups -OCH3 is 1. The Kier molecular flexibility index (Phi) is 3.59. The topological polar surface area (TPSA) is 72.5 Å². The third kappa shape index (κ3) is 2.03. The van der Waals surface area contributed by atoms with Gasteiger partial charge in [0.05, 0.1) is 21.2 Å². The number of carbonyl (C=O) groups is 3. The SMILES string of the molecule is CCC1(c2ccc(OC)cc2)C(=O)NC(=O)[N+](C)(C)C1=O. The maximum absolute atomic E-state index is 12.8. The van der Waals surface area contributed by atoms with Crippen LogP contribution in [0.2, 0.25) is 0 Å². The highest BCUT2D eigenvalue weighted by Crippen LogP contribution is 2.36. The molecule has 0 saturated carbocycles. The first-order valence-electron chi connectivity index (χ1n) is 6.70. The Morgan fingerprint density at radius 3 is 2.19 bits per heavy atom.